The monoisotopic (exact) mass is 255 g/mol. The average Bonchev–Trinajstić information content (AvgIpc) is 2.69. The molecule has 96 valence electrons. The largest absolute Gasteiger partial charge is 0.377 e. The number of hydrogen-bond acceptors (Lipinski definition) is 4. The molecule has 1 unspecified atom stereocenters. The number of nitrogens with zero attached hydrogens (tertiary/aromatic N) is 3. The van der Waals surface area contributed by atoms with Gasteiger partial charge in [0, 0.05) is 25.3 Å². The van der Waals surface area contributed by atoms with E-state index < -0.39 is 0 Å². The Morgan fingerprint density at radius 1 is 1.41 bits per heavy atom. The van der Waals surface area contributed by atoms with Gasteiger partial charge in [-0.15, -0.1) is 10.2 Å². The summed E-state index contributed by atoms with van der Waals surface area (Å²) in [5.41, 5.74) is 0. The van der Waals surface area contributed by atoms with Crippen molar-refractivity contribution < 1.29 is 4.74 Å². The van der Waals surface area contributed by atoms with Crippen LogP contribution in [-0.2, 0) is 11.8 Å². The van der Waals surface area contributed by atoms with E-state index in [0.29, 0.717) is 12.0 Å². The third-order valence-electron chi connectivity index (χ3n) is 3.06. The van der Waals surface area contributed by atoms with E-state index in [1.54, 1.807) is 11.8 Å². The molecule has 0 amide bonds. The van der Waals surface area contributed by atoms with E-state index in [1.165, 1.54) is 19.3 Å². The van der Waals surface area contributed by atoms with E-state index in [9.17, 15) is 0 Å². The van der Waals surface area contributed by atoms with Crippen LogP contribution in [0.4, 0.5) is 0 Å². The Hall–Kier alpha value is -0.550. The van der Waals surface area contributed by atoms with Crippen LogP contribution in [0.3, 0.4) is 0 Å². The summed E-state index contributed by atoms with van der Waals surface area (Å²) in [6, 6.07) is 0. The third kappa shape index (κ3) is 3.22. The second-order valence-electron chi connectivity index (χ2n) is 4.85. The molecule has 5 heteroatoms. The Labute approximate surface area is 107 Å². The molecule has 1 saturated heterocycles. The molecule has 1 fully saturated rings. The van der Waals surface area contributed by atoms with E-state index in [2.05, 4.69) is 28.6 Å². The van der Waals surface area contributed by atoms with Crippen LogP contribution >= 0.6 is 11.8 Å². The highest BCUT2D eigenvalue weighted by Gasteiger charge is 2.17. The van der Waals surface area contributed by atoms with Gasteiger partial charge in [0.05, 0.1) is 6.10 Å². The van der Waals surface area contributed by atoms with E-state index in [4.69, 9.17) is 4.74 Å². The smallest absolute Gasteiger partial charge is 0.191 e. The maximum absolute atomic E-state index is 5.72. The lowest BCUT2D eigenvalue weighted by Crippen LogP contribution is -2.21. The lowest BCUT2D eigenvalue weighted by Gasteiger charge is -2.21. The zero-order valence-electron chi connectivity index (χ0n) is 10.8. The fraction of sp³-hybridized carbons (Fsp3) is 0.833. The van der Waals surface area contributed by atoms with Crippen molar-refractivity contribution in [2.45, 2.75) is 50.3 Å². The molecule has 17 heavy (non-hydrogen) atoms. The van der Waals surface area contributed by atoms with Gasteiger partial charge in [-0.25, -0.2) is 0 Å². The van der Waals surface area contributed by atoms with E-state index in [1.807, 2.05) is 7.05 Å². The van der Waals surface area contributed by atoms with Gasteiger partial charge in [0.2, 0.25) is 0 Å². The number of hydrogen-bond donors (Lipinski definition) is 0. The predicted octanol–water partition coefficient (Wildman–Crippen LogP) is 2.60. The third-order valence-corrected chi connectivity index (χ3v) is 4.21. The standard InChI is InChI=1S/C12H21N3OS/c1-9(2)11-13-14-12(15(11)3)17-8-10-6-4-5-7-16-10/h9-10H,4-8H2,1-3H3. The quantitative estimate of drug-likeness (QED) is 0.775. The van der Waals surface area contributed by atoms with Crippen molar-refractivity contribution in [2.75, 3.05) is 12.4 Å². The Balaban J connectivity index is 1.90. The second kappa shape index (κ2) is 5.87. The molecule has 1 atom stereocenters. The summed E-state index contributed by atoms with van der Waals surface area (Å²) >= 11 is 1.76. The Bertz CT molecular complexity index is 359. The molecule has 1 aromatic rings. The Morgan fingerprint density at radius 2 is 2.24 bits per heavy atom. The van der Waals surface area contributed by atoms with Crippen LogP contribution in [0.25, 0.3) is 0 Å². The summed E-state index contributed by atoms with van der Waals surface area (Å²) in [5, 5.41) is 9.47. The molecule has 0 radical (unpaired) electrons. The summed E-state index contributed by atoms with van der Waals surface area (Å²) < 4.78 is 7.81. The number of thioether (sulfide) groups is 1. The number of aromatic nitrogens is 3. The normalized spacial score (nSPS) is 21.1. The van der Waals surface area contributed by atoms with Gasteiger partial charge in [0.15, 0.2) is 5.16 Å². The van der Waals surface area contributed by atoms with Gasteiger partial charge in [-0.2, -0.15) is 0 Å². The minimum Gasteiger partial charge on any atom is -0.377 e. The highest BCUT2D eigenvalue weighted by molar-refractivity contribution is 7.99. The molecule has 0 bridgehead atoms. The highest BCUT2D eigenvalue weighted by Crippen LogP contribution is 2.23. The molecular weight excluding hydrogens is 234 g/mol. The van der Waals surface area contributed by atoms with Gasteiger partial charge >= 0.3 is 0 Å². The van der Waals surface area contributed by atoms with Gasteiger partial charge in [0.25, 0.3) is 0 Å². The average molecular weight is 255 g/mol. The van der Waals surface area contributed by atoms with Crippen molar-refractivity contribution in [3.8, 4) is 0 Å². The first-order chi connectivity index (χ1) is 8.18. The molecule has 1 aliphatic rings. The first kappa shape index (κ1) is 12.9. The molecule has 4 nitrogen and oxygen atoms in total. The van der Waals surface area contributed by atoms with Gasteiger partial charge < -0.3 is 9.30 Å². The lowest BCUT2D eigenvalue weighted by molar-refractivity contribution is 0.0315. The summed E-state index contributed by atoms with van der Waals surface area (Å²) in [6.45, 7) is 5.20. The number of ether oxygens (including phenoxy) is 1. The molecular formula is C12H21N3OS. The fourth-order valence-electron chi connectivity index (χ4n) is 2.06. The molecule has 0 spiro atoms. The van der Waals surface area contributed by atoms with Crippen molar-refractivity contribution in [3.63, 3.8) is 0 Å². The molecule has 1 aromatic heterocycles. The van der Waals surface area contributed by atoms with Crippen LogP contribution in [0.5, 0.6) is 0 Å². The van der Waals surface area contributed by atoms with E-state index in [-0.39, 0.29) is 0 Å². The van der Waals surface area contributed by atoms with Crippen molar-refractivity contribution in [3.05, 3.63) is 5.82 Å². The van der Waals surface area contributed by atoms with Gasteiger partial charge in [0.1, 0.15) is 5.82 Å². The van der Waals surface area contributed by atoms with Crippen LogP contribution in [0.1, 0.15) is 44.9 Å². The minimum atomic E-state index is 0.396. The van der Waals surface area contributed by atoms with E-state index >= 15 is 0 Å². The zero-order chi connectivity index (χ0) is 12.3. The van der Waals surface area contributed by atoms with Crippen molar-refractivity contribution in [1.29, 1.82) is 0 Å². The van der Waals surface area contributed by atoms with Gasteiger partial charge in [-0.3, -0.25) is 0 Å². The summed E-state index contributed by atoms with van der Waals surface area (Å²) in [6.07, 6.45) is 4.08. The van der Waals surface area contributed by atoms with Crippen LogP contribution in [0, 0.1) is 0 Å². The number of rotatable bonds is 4. The molecule has 1 aliphatic heterocycles. The molecule has 0 saturated carbocycles. The fourth-order valence-corrected chi connectivity index (χ4v) is 3.04. The summed E-state index contributed by atoms with van der Waals surface area (Å²) in [5.74, 6) is 2.47. The van der Waals surface area contributed by atoms with Crippen LogP contribution in [-0.4, -0.2) is 33.2 Å². The first-order valence-electron chi connectivity index (χ1n) is 6.32. The molecule has 2 rings (SSSR count). The maximum atomic E-state index is 5.72. The van der Waals surface area contributed by atoms with Crippen LogP contribution < -0.4 is 0 Å². The molecule has 2 heterocycles. The van der Waals surface area contributed by atoms with E-state index in [0.717, 1.165) is 23.3 Å². The van der Waals surface area contributed by atoms with Gasteiger partial charge in [-0.05, 0) is 19.3 Å². The van der Waals surface area contributed by atoms with Crippen molar-refractivity contribution in [1.82, 2.24) is 14.8 Å². The van der Waals surface area contributed by atoms with Crippen molar-refractivity contribution in [2.24, 2.45) is 7.05 Å². The summed E-state index contributed by atoms with van der Waals surface area (Å²) in [7, 11) is 2.04. The Morgan fingerprint density at radius 3 is 2.82 bits per heavy atom. The first-order valence-corrected chi connectivity index (χ1v) is 7.30. The predicted molar refractivity (Wildman–Crippen MR) is 69.4 cm³/mol. The highest BCUT2D eigenvalue weighted by atomic mass is 32.2. The minimum absolute atomic E-state index is 0.396. The van der Waals surface area contributed by atoms with Crippen LogP contribution in [0.15, 0.2) is 5.16 Å². The Kier molecular flexibility index (Phi) is 4.45. The van der Waals surface area contributed by atoms with Crippen LogP contribution in [0.2, 0.25) is 0 Å². The second-order valence-corrected chi connectivity index (χ2v) is 5.84. The SMILES string of the molecule is CC(C)c1nnc(SCC2CCCCO2)n1C. The van der Waals surface area contributed by atoms with Crippen molar-refractivity contribution >= 4 is 11.8 Å². The summed E-state index contributed by atoms with van der Waals surface area (Å²) in [4.78, 5) is 0. The molecule has 0 N–H and O–H groups in total. The van der Waals surface area contributed by atoms with Gasteiger partial charge in [-0.1, -0.05) is 25.6 Å². The molecule has 0 aliphatic carbocycles. The topological polar surface area (TPSA) is 39.9 Å². The zero-order valence-corrected chi connectivity index (χ0v) is 11.7. The lowest BCUT2D eigenvalue weighted by atomic mass is 10.1. The maximum Gasteiger partial charge on any atom is 0.191 e. The molecule has 0 aromatic carbocycles.